The SMILES string of the molecule is NN(Sc1ccc(C(=O)CS)cc1)c1ccc(C(F)(F)F)cc1. The maximum atomic E-state index is 12.5. The number of halogens is 3. The van der Waals surface area contributed by atoms with Crippen LogP contribution in [0.4, 0.5) is 18.9 Å². The largest absolute Gasteiger partial charge is 0.416 e. The number of Topliss-reactive ketones (excluding diaryl/α,β-unsaturated/α-hetero) is 1. The molecule has 0 bridgehead atoms. The third-order valence-corrected chi connectivity index (χ3v) is 4.15. The van der Waals surface area contributed by atoms with Crippen molar-refractivity contribution in [1.29, 1.82) is 0 Å². The fourth-order valence-electron chi connectivity index (χ4n) is 1.76. The second kappa shape index (κ2) is 7.29. The van der Waals surface area contributed by atoms with Gasteiger partial charge in [-0.3, -0.25) is 4.79 Å². The summed E-state index contributed by atoms with van der Waals surface area (Å²) >= 11 is 5.06. The molecule has 2 aromatic rings. The summed E-state index contributed by atoms with van der Waals surface area (Å²) < 4.78 is 38.8. The van der Waals surface area contributed by atoms with E-state index in [1.54, 1.807) is 24.3 Å². The zero-order valence-electron chi connectivity index (χ0n) is 11.7. The van der Waals surface area contributed by atoms with Crippen LogP contribution in [-0.2, 0) is 6.18 Å². The third-order valence-electron chi connectivity index (χ3n) is 2.97. The Hall–Kier alpha value is -1.64. The van der Waals surface area contributed by atoms with Crippen LogP contribution in [0.3, 0.4) is 0 Å². The average Bonchev–Trinajstić information content (AvgIpc) is 2.54. The van der Waals surface area contributed by atoms with E-state index in [9.17, 15) is 18.0 Å². The highest BCUT2D eigenvalue weighted by Crippen LogP contribution is 2.32. The fourth-order valence-corrected chi connectivity index (χ4v) is 2.65. The Labute approximate surface area is 141 Å². The number of benzene rings is 2. The molecular weight excluding hydrogens is 345 g/mol. The first-order chi connectivity index (χ1) is 10.8. The Bertz CT molecular complexity index is 673. The lowest BCUT2D eigenvalue weighted by Crippen LogP contribution is -2.22. The fraction of sp³-hybridized carbons (Fsp3) is 0.133. The number of carbonyl (C=O) groups is 1. The highest BCUT2D eigenvalue weighted by Gasteiger charge is 2.30. The van der Waals surface area contributed by atoms with E-state index in [2.05, 4.69) is 12.6 Å². The molecule has 2 N–H and O–H groups in total. The van der Waals surface area contributed by atoms with E-state index in [1.165, 1.54) is 16.5 Å². The quantitative estimate of drug-likeness (QED) is 0.276. The van der Waals surface area contributed by atoms with E-state index >= 15 is 0 Å². The summed E-state index contributed by atoms with van der Waals surface area (Å²) in [6.07, 6.45) is -4.37. The average molecular weight is 358 g/mol. The van der Waals surface area contributed by atoms with Crippen LogP contribution < -0.4 is 10.3 Å². The second-order valence-corrected chi connectivity index (χ2v) is 5.93. The van der Waals surface area contributed by atoms with Crippen molar-refractivity contribution in [3.8, 4) is 0 Å². The topological polar surface area (TPSA) is 46.3 Å². The Morgan fingerprint density at radius 2 is 1.65 bits per heavy atom. The maximum Gasteiger partial charge on any atom is 0.416 e. The predicted octanol–water partition coefficient (Wildman–Crippen LogP) is 4.21. The lowest BCUT2D eigenvalue weighted by Gasteiger charge is -2.18. The number of carbonyl (C=O) groups excluding carboxylic acids is 1. The van der Waals surface area contributed by atoms with Crippen molar-refractivity contribution in [2.45, 2.75) is 11.1 Å². The monoisotopic (exact) mass is 358 g/mol. The molecule has 122 valence electrons. The normalized spacial score (nSPS) is 11.3. The molecule has 0 unspecified atom stereocenters. The molecule has 0 aliphatic heterocycles. The van der Waals surface area contributed by atoms with Crippen molar-refractivity contribution in [1.82, 2.24) is 0 Å². The Balaban J connectivity index is 2.06. The molecule has 0 aliphatic rings. The number of thiol groups is 1. The number of anilines is 1. The molecule has 3 nitrogen and oxygen atoms in total. The molecule has 0 spiro atoms. The first kappa shape index (κ1) is 17.7. The van der Waals surface area contributed by atoms with Gasteiger partial charge < -0.3 is 0 Å². The van der Waals surface area contributed by atoms with Crippen molar-refractivity contribution in [3.63, 3.8) is 0 Å². The second-order valence-electron chi connectivity index (χ2n) is 4.57. The maximum absolute atomic E-state index is 12.5. The van der Waals surface area contributed by atoms with Gasteiger partial charge in [-0.25, -0.2) is 10.3 Å². The standard InChI is InChI=1S/C15H13F3N2OS2/c16-15(17,18)11-3-5-12(6-4-11)20(19)23-13-7-1-10(2-8-13)14(21)9-22/h1-8,22H,9,19H2. The van der Waals surface area contributed by atoms with Crippen molar-refractivity contribution < 1.29 is 18.0 Å². The molecule has 2 rings (SSSR count). The summed E-state index contributed by atoms with van der Waals surface area (Å²) in [4.78, 5) is 12.2. The van der Waals surface area contributed by atoms with Gasteiger partial charge in [0.05, 0.1) is 17.0 Å². The van der Waals surface area contributed by atoms with Gasteiger partial charge in [-0.05, 0) is 36.4 Å². The summed E-state index contributed by atoms with van der Waals surface area (Å²) in [6, 6.07) is 11.3. The number of nitrogens with two attached hydrogens (primary N) is 1. The zero-order valence-corrected chi connectivity index (χ0v) is 13.5. The van der Waals surface area contributed by atoms with Gasteiger partial charge in [-0.15, -0.1) is 0 Å². The first-order valence-corrected chi connectivity index (χ1v) is 7.86. The minimum atomic E-state index is -4.37. The Morgan fingerprint density at radius 1 is 1.09 bits per heavy atom. The van der Waals surface area contributed by atoms with Crippen molar-refractivity contribution in [3.05, 3.63) is 59.7 Å². The van der Waals surface area contributed by atoms with Crippen molar-refractivity contribution in [2.75, 3.05) is 10.2 Å². The number of hydrogen-bond acceptors (Lipinski definition) is 5. The molecule has 0 amide bonds. The van der Waals surface area contributed by atoms with Gasteiger partial charge in [-0.2, -0.15) is 25.8 Å². The van der Waals surface area contributed by atoms with Crippen LogP contribution in [0.15, 0.2) is 53.4 Å². The molecule has 23 heavy (non-hydrogen) atoms. The Morgan fingerprint density at radius 3 is 2.13 bits per heavy atom. The van der Waals surface area contributed by atoms with Crippen LogP contribution in [0.1, 0.15) is 15.9 Å². The van der Waals surface area contributed by atoms with Crippen LogP contribution >= 0.6 is 24.6 Å². The van der Waals surface area contributed by atoms with E-state index in [1.807, 2.05) is 0 Å². The number of hydrazine groups is 1. The molecule has 0 fully saturated rings. The van der Waals surface area contributed by atoms with Gasteiger partial charge in [0.2, 0.25) is 0 Å². The zero-order chi connectivity index (χ0) is 17.0. The van der Waals surface area contributed by atoms with Gasteiger partial charge in [0.25, 0.3) is 0 Å². The van der Waals surface area contributed by atoms with Gasteiger partial charge >= 0.3 is 6.18 Å². The van der Waals surface area contributed by atoms with E-state index in [0.29, 0.717) is 11.3 Å². The molecular formula is C15H13F3N2OS2. The minimum Gasteiger partial charge on any atom is -0.293 e. The lowest BCUT2D eigenvalue weighted by molar-refractivity contribution is -0.137. The number of hydrogen-bond donors (Lipinski definition) is 2. The number of alkyl halides is 3. The van der Waals surface area contributed by atoms with Gasteiger partial charge in [0, 0.05) is 22.4 Å². The summed E-state index contributed by atoms with van der Waals surface area (Å²) in [7, 11) is 0. The number of rotatable bonds is 5. The van der Waals surface area contributed by atoms with Crippen LogP contribution in [0.25, 0.3) is 0 Å². The third kappa shape index (κ3) is 4.66. The lowest BCUT2D eigenvalue weighted by atomic mass is 10.1. The van der Waals surface area contributed by atoms with Crippen LogP contribution in [0.5, 0.6) is 0 Å². The predicted molar refractivity (Wildman–Crippen MR) is 88.6 cm³/mol. The summed E-state index contributed by atoms with van der Waals surface area (Å²) in [5.74, 6) is 5.89. The van der Waals surface area contributed by atoms with Crippen LogP contribution in [0.2, 0.25) is 0 Å². The van der Waals surface area contributed by atoms with E-state index < -0.39 is 11.7 Å². The Kier molecular flexibility index (Phi) is 5.61. The smallest absolute Gasteiger partial charge is 0.293 e. The minimum absolute atomic E-state index is 0.0859. The van der Waals surface area contributed by atoms with Crippen molar-refractivity contribution >= 4 is 36.0 Å². The molecule has 0 radical (unpaired) electrons. The van der Waals surface area contributed by atoms with Gasteiger partial charge in [-0.1, -0.05) is 12.1 Å². The molecule has 0 saturated heterocycles. The van der Waals surface area contributed by atoms with Crippen LogP contribution in [0, 0.1) is 0 Å². The molecule has 2 aromatic carbocycles. The number of nitrogens with zero attached hydrogens (tertiary/aromatic N) is 1. The summed E-state index contributed by atoms with van der Waals surface area (Å²) in [5.41, 5.74) is 0.246. The molecule has 0 saturated carbocycles. The van der Waals surface area contributed by atoms with E-state index in [0.717, 1.165) is 29.0 Å². The number of ketones is 1. The van der Waals surface area contributed by atoms with E-state index in [-0.39, 0.29) is 11.5 Å². The molecule has 0 aromatic heterocycles. The molecule has 0 atom stereocenters. The molecule has 0 heterocycles. The highest BCUT2D eigenvalue weighted by molar-refractivity contribution is 8.00. The summed E-state index contributed by atoms with van der Waals surface area (Å²) in [5, 5.41) is 0. The highest BCUT2D eigenvalue weighted by atomic mass is 32.2. The van der Waals surface area contributed by atoms with Gasteiger partial charge in [0.1, 0.15) is 0 Å². The first-order valence-electron chi connectivity index (χ1n) is 6.45. The molecule has 8 heteroatoms. The summed E-state index contributed by atoms with van der Waals surface area (Å²) in [6.45, 7) is 0. The van der Waals surface area contributed by atoms with Crippen molar-refractivity contribution in [2.24, 2.45) is 5.84 Å². The van der Waals surface area contributed by atoms with Gasteiger partial charge in [0.15, 0.2) is 5.78 Å². The van der Waals surface area contributed by atoms with E-state index in [4.69, 9.17) is 5.84 Å². The molecule has 0 aliphatic carbocycles. The van der Waals surface area contributed by atoms with Crippen LogP contribution in [-0.4, -0.2) is 11.5 Å².